The van der Waals surface area contributed by atoms with Gasteiger partial charge in [-0.2, -0.15) is 0 Å². The number of hydrogen-bond acceptors (Lipinski definition) is 5. The lowest BCUT2D eigenvalue weighted by molar-refractivity contribution is -0.117. The Morgan fingerprint density at radius 3 is 2.70 bits per heavy atom. The summed E-state index contributed by atoms with van der Waals surface area (Å²) in [5.74, 6) is -4.60. The fourth-order valence-corrected chi connectivity index (χ4v) is 4.05. The van der Waals surface area contributed by atoms with E-state index in [9.17, 15) is 23.5 Å². The second kappa shape index (κ2) is 7.83. The van der Waals surface area contributed by atoms with Gasteiger partial charge in [0.15, 0.2) is 11.5 Å². The van der Waals surface area contributed by atoms with Crippen molar-refractivity contribution in [2.75, 3.05) is 4.90 Å². The van der Waals surface area contributed by atoms with Gasteiger partial charge in [-0.05, 0) is 48.0 Å². The first kappa shape index (κ1) is 20.8. The number of hydrogen-bond donors (Lipinski definition) is 1. The zero-order valence-electron chi connectivity index (χ0n) is 16.6. The summed E-state index contributed by atoms with van der Waals surface area (Å²) in [6.45, 7) is 0. The van der Waals surface area contributed by atoms with Crippen molar-refractivity contribution < 1.29 is 27.9 Å². The number of rotatable bonds is 4. The largest absolute Gasteiger partial charge is 0.503 e. The van der Waals surface area contributed by atoms with E-state index in [-0.39, 0.29) is 11.3 Å². The number of carbonyl (C=O) groups excluding carboxylic acids is 2. The molecule has 1 atom stereocenters. The van der Waals surface area contributed by atoms with Gasteiger partial charge in [0.1, 0.15) is 17.2 Å². The highest BCUT2D eigenvalue weighted by Crippen LogP contribution is 2.43. The minimum atomic E-state index is -1.27. The molecule has 1 aliphatic rings. The molecule has 1 N–H and O–H groups in total. The zero-order chi connectivity index (χ0) is 23.3. The lowest BCUT2D eigenvalue weighted by atomic mass is 9.96. The first-order valence-corrected chi connectivity index (χ1v) is 10.1. The molecule has 0 aliphatic carbocycles. The van der Waals surface area contributed by atoms with Crippen LogP contribution in [0.4, 0.5) is 14.5 Å². The molecule has 164 valence electrons. The zero-order valence-corrected chi connectivity index (χ0v) is 17.4. The van der Waals surface area contributed by atoms with Crippen LogP contribution >= 0.6 is 11.6 Å². The van der Waals surface area contributed by atoms with E-state index in [0.717, 1.165) is 23.1 Å². The number of pyridine rings is 1. The van der Waals surface area contributed by atoms with Crippen molar-refractivity contribution >= 4 is 39.9 Å². The van der Waals surface area contributed by atoms with E-state index in [1.54, 1.807) is 30.3 Å². The van der Waals surface area contributed by atoms with Gasteiger partial charge in [-0.15, -0.1) is 0 Å². The summed E-state index contributed by atoms with van der Waals surface area (Å²) in [7, 11) is 0. The van der Waals surface area contributed by atoms with Crippen molar-refractivity contribution in [2.45, 2.75) is 6.04 Å². The number of benzene rings is 2. The number of furan rings is 1. The van der Waals surface area contributed by atoms with E-state index >= 15 is 0 Å². The lowest BCUT2D eigenvalue weighted by Crippen LogP contribution is -2.32. The van der Waals surface area contributed by atoms with Crippen molar-refractivity contribution in [3.8, 4) is 0 Å². The Bertz CT molecular complexity index is 1470. The highest BCUT2D eigenvalue weighted by molar-refractivity contribution is 6.31. The summed E-state index contributed by atoms with van der Waals surface area (Å²) < 4.78 is 34.2. The molecular formula is C24H13ClF2N2O4. The number of fused-ring (bicyclic) bond motifs is 1. The molecular weight excluding hydrogens is 454 g/mol. The highest BCUT2D eigenvalue weighted by Gasteiger charge is 2.46. The predicted molar refractivity (Wildman–Crippen MR) is 116 cm³/mol. The Labute approximate surface area is 190 Å². The molecule has 9 heteroatoms. The molecule has 3 heterocycles. The second-order valence-electron chi connectivity index (χ2n) is 7.34. The third kappa shape index (κ3) is 3.44. The molecule has 0 saturated carbocycles. The molecule has 5 rings (SSSR count). The monoisotopic (exact) mass is 466 g/mol. The molecule has 0 radical (unpaired) electrons. The first-order chi connectivity index (χ1) is 15.8. The quantitative estimate of drug-likeness (QED) is 0.399. The second-order valence-corrected chi connectivity index (χ2v) is 7.78. The minimum absolute atomic E-state index is 0.155. The van der Waals surface area contributed by atoms with E-state index in [4.69, 9.17) is 16.0 Å². The van der Waals surface area contributed by atoms with Crippen molar-refractivity contribution in [3.05, 3.63) is 106 Å². The molecule has 2 aromatic heterocycles. The SMILES string of the molecule is O=C(C1=C(O)C(=O)N(c2cc(F)ccc2F)C1c1cccnc1)c1cc2cc(Cl)ccc2o1. The van der Waals surface area contributed by atoms with Crippen molar-refractivity contribution in [1.82, 2.24) is 4.98 Å². The fraction of sp³-hybridized carbons (Fsp3) is 0.0417. The molecule has 33 heavy (non-hydrogen) atoms. The van der Waals surface area contributed by atoms with Gasteiger partial charge in [-0.3, -0.25) is 19.5 Å². The third-order valence-corrected chi connectivity index (χ3v) is 5.56. The van der Waals surface area contributed by atoms with E-state index in [0.29, 0.717) is 21.6 Å². The van der Waals surface area contributed by atoms with Crippen LogP contribution in [0.25, 0.3) is 11.0 Å². The van der Waals surface area contributed by atoms with Crippen LogP contribution in [0.15, 0.2) is 82.7 Å². The number of anilines is 1. The molecule has 0 fully saturated rings. The number of aliphatic hydroxyl groups excluding tert-OH is 1. The highest BCUT2D eigenvalue weighted by atomic mass is 35.5. The summed E-state index contributed by atoms with van der Waals surface area (Å²) in [6, 6.07) is 10.6. The fourth-order valence-electron chi connectivity index (χ4n) is 3.87. The van der Waals surface area contributed by atoms with Gasteiger partial charge < -0.3 is 9.52 Å². The van der Waals surface area contributed by atoms with Crippen molar-refractivity contribution in [2.24, 2.45) is 0 Å². The van der Waals surface area contributed by atoms with Crippen LogP contribution in [-0.4, -0.2) is 21.8 Å². The van der Waals surface area contributed by atoms with Gasteiger partial charge >= 0.3 is 0 Å². The molecule has 2 aromatic carbocycles. The number of amides is 1. The summed E-state index contributed by atoms with van der Waals surface area (Å²) in [5, 5.41) is 11.7. The summed E-state index contributed by atoms with van der Waals surface area (Å²) in [4.78, 5) is 31.3. The van der Waals surface area contributed by atoms with Gasteiger partial charge in [0.05, 0.1) is 17.3 Å². The van der Waals surface area contributed by atoms with Crippen molar-refractivity contribution in [3.63, 3.8) is 0 Å². The Morgan fingerprint density at radius 2 is 1.94 bits per heavy atom. The van der Waals surface area contributed by atoms with Gasteiger partial charge in [0, 0.05) is 28.9 Å². The van der Waals surface area contributed by atoms with Crippen molar-refractivity contribution in [1.29, 1.82) is 0 Å². The van der Waals surface area contributed by atoms with Gasteiger partial charge in [0.2, 0.25) is 5.78 Å². The average molecular weight is 467 g/mol. The Morgan fingerprint density at radius 1 is 1.12 bits per heavy atom. The van der Waals surface area contributed by atoms with E-state index in [1.165, 1.54) is 18.5 Å². The van der Waals surface area contributed by atoms with Crippen LogP contribution in [0.1, 0.15) is 22.2 Å². The Kier molecular flexibility index (Phi) is 4.94. The molecule has 0 bridgehead atoms. The number of halogens is 3. The van der Waals surface area contributed by atoms with E-state index in [2.05, 4.69) is 4.98 Å². The molecule has 0 spiro atoms. The molecule has 4 aromatic rings. The third-order valence-electron chi connectivity index (χ3n) is 5.32. The molecule has 6 nitrogen and oxygen atoms in total. The van der Waals surface area contributed by atoms with Gasteiger partial charge in [-0.1, -0.05) is 17.7 Å². The van der Waals surface area contributed by atoms with Gasteiger partial charge in [-0.25, -0.2) is 8.78 Å². The summed E-state index contributed by atoms with van der Waals surface area (Å²) in [6.07, 6.45) is 2.84. The van der Waals surface area contributed by atoms with E-state index in [1.807, 2.05) is 0 Å². The maximum atomic E-state index is 14.6. The number of aromatic nitrogens is 1. The maximum Gasteiger partial charge on any atom is 0.294 e. The molecule has 1 unspecified atom stereocenters. The first-order valence-electron chi connectivity index (χ1n) is 9.70. The van der Waals surface area contributed by atoms with Gasteiger partial charge in [0.25, 0.3) is 5.91 Å². The van der Waals surface area contributed by atoms with Crippen LogP contribution in [0.2, 0.25) is 5.02 Å². The lowest BCUT2D eigenvalue weighted by Gasteiger charge is -2.26. The normalized spacial score (nSPS) is 16.2. The van der Waals surface area contributed by atoms with E-state index < -0.39 is 40.8 Å². The van der Waals surface area contributed by atoms with Crippen LogP contribution in [0.3, 0.4) is 0 Å². The van der Waals surface area contributed by atoms with Crippen LogP contribution < -0.4 is 4.90 Å². The standard InChI is InChI=1S/C24H13ClF2N2O4/c25-14-3-6-18-13(8-14)9-19(33-18)22(30)20-21(12-2-1-7-28-11-12)29(24(32)23(20)31)17-10-15(26)4-5-16(17)27/h1-11,21,31H. The molecule has 1 aliphatic heterocycles. The number of carbonyl (C=O) groups is 2. The minimum Gasteiger partial charge on any atom is -0.503 e. The summed E-state index contributed by atoms with van der Waals surface area (Å²) in [5.41, 5.74) is -0.0967. The molecule has 0 saturated heterocycles. The maximum absolute atomic E-state index is 14.6. The van der Waals surface area contributed by atoms with Crippen LogP contribution in [-0.2, 0) is 4.79 Å². The summed E-state index contributed by atoms with van der Waals surface area (Å²) >= 11 is 5.99. The number of Topliss-reactive ketones (excluding diaryl/α,β-unsaturated/α-hetero) is 1. The van der Waals surface area contributed by atoms with Crippen LogP contribution in [0.5, 0.6) is 0 Å². The average Bonchev–Trinajstić information content (AvgIpc) is 3.34. The number of nitrogens with zero attached hydrogens (tertiary/aromatic N) is 2. The topological polar surface area (TPSA) is 83.6 Å². The Hall–Kier alpha value is -4.04. The predicted octanol–water partition coefficient (Wildman–Crippen LogP) is 5.54. The van der Waals surface area contributed by atoms with Crippen LogP contribution in [0, 0.1) is 11.6 Å². The number of ketones is 1. The molecule has 1 amide bonds. The number of aliphatic hydroxyl groups is 1. The Balaban J connectivity index is 1.68. The smallest absolute Gasteiger partial charge is 0.294 e.